The van der Waals surface area contributed by atoms with E-state index in [1.165, 1.54) is 31.4 Å². The van der Waals surface area contributed by atoms with Gasteiger partial charge in [-0.3, -0.25) is 0 Å². The van der Waals surface area contributed by atoms with Crippen molar-refractivity contribution in [3.05, 3.63) is 30.1 Å². The van der Waals surface area contributed by atoms with Crippen LogP contribution in [-0.4, -0.2) is 19.2 Å². The van der Waals surface area contributed by atoms with Crippen LogP contribution >= 0.6 is 0 Å². The lowest BCUT2D eigenvalue weighted by Gasteiger charge is -2.23. The second kappa shape index (κ2) is 5.12. The van der Waals surface area contributed by atoms with Crippen LogP contribution in [0.3, 0.4) is 0 Å². The third kappa shape index (κ3) is 3.20. The minimum atomic E-state index is -0.224. The monoisotopic (exact) mass is 209 g/mol. The average molecular weight is 209 g/mol. The molecule has 0 aromatic heterocycles. The predicted octanol–water partition coefficient (Wildman–Crippen LogP) is 2.35. The van der Waals surface area contributed by atoms with E-state index in [0.717, 1.165) is 12.3 Å². The van der Waals surface area contributed by atoms with Gasteiger partial charge in [0.2, 0.25) is 0 Å². The fraction of sp³-hybridized carbons (Fsp3) is 0.500. The smallest absolute Gasteiger partial charge is 0.123 e. The van der Waals surface area contributed by atoms with E-state index in [1.807, 2.05) is 0 Å². The van der Waals surface area contributed by atoms with Crippen LogP contribution in [0.4, 0.5) is 4.39 Å². The number of ether oxygens (including phenoxy) is 1. The number of halogens is 1. The van der Waals surface area contributed by atoms with Gasteiger partial charge in [0.15, 0.2) is 0 Å². The van der Waals surface area contributed by atoms with Gasteiger partial charge < -0.3 is 10.1 Å². The molecule has 1 aromatic rings. The molecule has 1 heterocycles. The van der Waals surface area contributed by atoms with Crippen LogP contribution in [0.25, 0.3) is 0 Å². The van der Waals surface area contributed by atoms with Crippen molar-refractivity contribution in [3.8, 4) is 5.75 Å². The van der Waals surface area contributed by atoms with Crippen molar-refractivity contribution in [2.45, 2.75) is 25.3 Å². The maximum Gasteiger partial charge on any atom is 0.123 e. The Labute approximate surface area is 89.4 Å². The molecule has 1 aromatic carbocycles. The van der Waals surface area contributed by atoms with Crippen LogP contribution in [-0.2, 0) is 0 Å². The van der Waals surface area contributed by atoms with Gasteiger partial charge in [0.1, 0.15) is 18.2 Å². The quantitative estimate of drug-likeness (QED) is 0.825. The maximum absolute atomic E-state index is 12.6. The van der Waals surface area contributed by atoms with Crippen LogP contribution in [0.1, 0.15) is 19.3 Å². The van der Waals surface area contributed by atoms with Crippen molar-refractivity contribution >= 4 is 0 Å². The zero-order valence-corrected chi connectivity index (χ0v) is 8.71. The van der Waals surface area contributed by atoms with Gasteiger partial charge in [-0.1, -0.05) is 6.42 Å². The van der Waals surface area contributed by atoms with E-state index in [0.29, 0.717) is 12.6 Å². The highest BCUT2D eigenvalue weighted by molar-refractivity contribution is 5.22. The fourth-order valence-electron chi connectivity index (χ4n) is 1.79. The molecule has 0 saturated carbocycles. The molecule has 0 amide bonds. The normalized spacial score (nSPS) is 21.3. The van der Waals surface area contributed by atoms with Gasteiger partial charge in [-0.15, -0.1) is 0 Å². The molecule has 2 nitrogen and oxygen atoms in total. The summed E-state index contributed by atoms with van der Waals surface area (Å²) in [6.07, 6.45) is 3.69. The Hall–Kier alpha value is -1.09. The Balaban J connectivity index is 1.79. The molecule has 0 aliphatic carbocycles. The predicted molar refractivity (Wildman–Crippen MR) is 57.5 cm³/mol. The summed E-state index contributed by atoms with van der Waals surface area (Å²) in [5.74, 6) is 0.516. The van der Waals surface area contributed by atoms with Crippen molar-refractivity contribution in [2.24, 2.45) is 0 Å². The van der Waals surface area contributed by atoms with E-state index in [9.17, 15) is 4.39 Å². The van der Waals surface area contributed by atoms with Crippen LogP contribution in [0.5, 0.6) is 5.75 Å². The number of nitrogens with one attached hydrogen (secondary N) is 1. The molecule has 82 valence electrons. The van der Waals surface area contributed by atoms with Gasteiger partial charge >= 0.3 is 0 Å². The largest absolute Gasteiger partial charge is 0.492 e. The molecule has 0 spiro atoms. The number of piperidine rings is 1. The standard InChI is InChI=1S/C12H16FNO/c13-10-4-6-12(7-5-10)15-9-11-3-1-2-8-14-11/h4-7,11,14H,1-3,8-9H2. The third-order valence-corrected chi connectivity index (χ3v) is 2.68. The highest BCUT2D eigenvalue weighted by Crippen LogP contribution is 2.13. The first-order chi connectivity index (χ1) is 7.34. The lowest BCUT2D eigenvalue weighted by atomic mass is 10.1. The molecule has 0 bridgehead atoms. The van der Waals surface area contributed by atoms with E-state index < -0.39 is 0 Å². The number of hydrogen-bond acceptors (Lipinski definition) is 2. The molecule has 0 radical (unpaired) electrons. The molecule has 1 aliphatic rings. The Kier molecular flexibility index (Phi) is 3.56. The summed E-state index contributed by atoms with van der Waals surface area (Å²) in [4.78, 5) is 0. The van der Waals surface area contributed by atoms with Gasteiger partial charge in [0, 0.05) is 6.04 Å². The zero-order chi connectivity index (χ0) is 10.5. The first-order valence-corrected chi connectivity index (χ1v) is 5.46. The van der Waals surface area contributed by atoms with Gasteiger partial charge in [-0.05, 0) is 43.7 Å². The Morgan fingerprint density at radius 2 is 2.07 bits per heavy atom. The average Bonchev–Trinajstić information content (AvgIpc) is 2.30. The molecule has 1 atom stereocenters. The fourth-order valence-corrected chi connectivity index (χ4v) is 1.79. The van der Waals surface area contributed by atoms with E-state index in [2.05, 4.69) is 5.32 Å². The summed E-state index contributed by atoms with van der Waals surface area (Å²) in [7, 11) is 0. The lowest BCUT2D eigenvalue weighted by molar-refractivity contribution is 0.239. The number of hydrogen-bond donors (Lipinski definition) is 1. The Morgan fingerprint density at radius 3 is 2.73 bits per heavy atom. The van der Waals surface area contributed by atoms with E-state index in [-0.39, 0.29) is 5.82 Å². The van der Waals surface area contributed by atoms with E-state index in [4.69, 9.17) is 4.74 Å². The third-order valence-electron chi connectivity index (χ3n) is 2.68. The molecule has 1 fully saturated rings. The first kappa shape index (κ1) is 10.4. The van der Waals surface area contributed by atoms with E-state index in [1.54, 1.807) is 12.1 Å². The molecule has 1 N–H and O–H groups in total. The van der Waals surface area contributed by atoms with Crippen LogP contribution in [0.2, 0.25) is 0 Å². The minimum Gasteiger partial charge on any atom is -0.492 e. The van der Waals surface area contributed by atoms with Crippen LogP contribution in [0.15, 0.2) is 24.3 Å². The molecule has 15 heavy (non-hydrogen) atoms. The van der Waals surface area contributed by atoms with Gasteiger partial charge in [-0.25, -0.2) is 4.39 Å². The Morgan fingerprint density at radius 1 is 1.27 bits per heavy atom. The number of benzene rings is 1. The van der Waals surface area contributed by atoms with Crippen LogP contribution < -0.4 is 10.1 Å². The van der Waals surface area contributed by atoms with Crippen molar-refractivity contribution < 1.29 is 9.13 Å². The summed E-state index contributed by atoms with van der Waals surface area (Å²) >= 11 is 0. The molecule has 1 saturated heterocycles. The molecule has 1 aliphatic heterocycles. The SMILES string of the molecule is Fc1ccc(OCC2CCCCN2)cc1. The van der Waals surface area contributed by atoms with Gasteiger partial charge in [0.25, 0.3) is 0 Å². The maximum atomic E-state index is 12.6. The molecule has 3 heteroatoms. The second-order valence-corrected chi connectivity index (χ2v) is 3.91. The van der Waals surface area contributed by atoms with Gasteiger partial charge in [0.05, 0.1) is 0 Å². The molecular formula is C12H16FNO. The lowest BCUT2D eigenvalue weighted by Crippen LogP contribution is -2.38. The Bertz CT molecular complexity index is 293. The summed E-state index contributed by atoms with van der Waals surface area (Å²) in [6, 6.07) is 6.62. The second-order valence-electron chi connectivity index (χ2n) is 3.91. The van der Waals surface area contributed by atoms with Crippen molar-refractivity contribution in [1.29, 1.82) is 0 Å². The highest BCUT2D eigenvalue weighted by Gasteiger charge is 2.12. The molecule has 2 rings (SSSR count). The number of rotatable bonds is 3. The van der Waals surface area contributed by atoms with Crippen molar-refractivity contribution in [1.82, 2.24) is 5.32 Å². The zero-order valence-electron chi connectivity index (χ0n) is 8.71. The summed E-state index contributed by atoms with van der Waals surface area (Å²) in [5, 5.41) is 3.40. The van der Waals surface area contributed by atoms with Crippen LogP contribution in [0, 0.1) is 5.82 Å². The summed E-state index contributed by atoms with van der Waals surface area (Å²) < 4.78 is 18.2. The molecular weight excluding hydrogens is 193 g/mol. The topological polar surface area (TPSA) is 21.3 Å². The summed E-state index contributed by atoms with van der Waals surface area (Å²) in [6.45, 7) is 1.75. The molecule has 1 unspecified atom stereocenters. The highest BCUT2D eigenvalue weighted by atomic mass is 19.1. The van der Waals surface area contributed by atoms with Crippen molar-refractivity contribution in [2.75, 3.05) is 13.2 Å². The summed E-state index contributed by atoms with van der Waals surface area (Å²) in [5.41, 5.74) is 0. The first-order valence-electron chi connectivity index (χ1n) is 5.46. The van der Waals surface area contributed by atoms with E-state index >= 15 is 0 Å². The van der Waals surface area contributed by atoms with Gasteiger partial charge in [-0.2, -0.15) is 0 Å². The minimum absolute atomic E-state index is 0.224. The van der Waals surface area contributed by atoms with Crippen molar-refractivity contribution in [3.63, 3.8) is 0 Å².